The molecule has 1 N–H and O–H groups in total. The lowest BCUT2D eigenvalue weighted by molar-refractivity contribution is -0.130. The van der Waals surface area contributed by atoms with Crippen LogP contribution in [0.15, 0.2) is 128 Å². The first-order valence-electron chi connectivity index (χ1n) is 13.7. The summed E-state index contributed by atoms with van der Waals surface area (Å²) in [6, 6.07) is 27.4. The van der Waals surface area contributed by atoms with Crippen molar-refractivity contribution in [3.05, 3.63) is 130 Å². The maximum atomic E-state index is 12.3. The largest absolute Gasteiger partial charge is 0.508 e. The Hall–Kier alpha value is -6.09. The van der Waals surface area contributed by atoms with Gasteiger partial charge < -0.3 is 28.2 Å². The number of fused-ring (bicyclic) bond motifs is 2. The van der Waals surface area contributed by atoms with Crippen molar-refractivity contribution >= 4 is 27.9 Å². The fraction of sp³-hybridized carbons (Fsp3) is 0.0833. The van der Waals surface area contributed by atoms with E-state index in [1.807, 2.05) is 0 Å². The highest BCUT2D eigenvalue weighted by molar-refractivity contribution is 5.90. The predicted molar refractivity (Wildman–Crippen MR) is 171 cm³/mol. The van der Waals surface area contributed by atoms with E-state index in [-0.39, 0.29) is 11.3 Å². The Bertz CT molecular complexity index is 2140. The average molecular weight is 605 g/mol. The van der Waals surface area contributed by atoms with Crippen molar-refractivity contribution in [2.45, 2.75) is 6.92 Å². The lowest BCUT2D eigenvalue weighted by Crippen LogP contribution is -2.08. The van der Waals surface area contributed by atoms with Crippen LogP contribution in [0.5, 0.6) is 23.0 Å². The Labute approximate surface area is 257 Å². The van der Waals surface area contributed by atoms with Crippen LogP contribution >= 0.6 is 0 Å². The van der Waals surface area contributed by atoms with Gasteiger partial charge in [0.2, 0.25) is 0 Å². The van der Waals surface area contributed by atoms with Gasteiger partial charge in [-0.15, -0.1) is 0 Å². The SMILES string of the molecule is C=C(C)C(=O)Oc1ccc2cc(-c3ccc(OC)cc3)c(=O)oc2c1.COc1ccc(-c2cc3ccc(O)cc3oc2=O)cc1. The van der Waals surface area contributed by atoms with Crippen molar-refractivity contribution in [3.63, 3.8) is 0 Å². The highest BCUT2D eigenvalue weighted by Gasteiger charge is 2.12. The molecule has 6 aromatic rings. The Morgan fingerprint density at radius 1 is 0.644 bits per heavy atom. The first-order valence-corrected chi connectivity index (χ1v) is 13.7. The molecule has 0 spiro atoms. The third kappa shape index (κ3) is 6.94. The van der Waals surface area contributed by atoms with Gasteiger partial charge in [0.15, 0.2) is 0 Å². The molecule has 0 radical (unpaired) electrons. The molecule has 2 heterocycles. The Morgan fingerprint density at radius 3 is 1.56 bits per heavy atom. The average Bonchev–Trinajstić information content (AvgIpc) is 3.04. The second-order valence-electron chi connectivity index (χ2n) is 9.94. The molecule has 0 bridgehead atoms. The van der Waals surface area contributed by atoms with Gasteiger partial charge >= 0.3 is 17.2 Å². The van der Waals surface area contributed by atoms with Crippen LogP contribution in [0.25, 0.3) is 44.2 Å². The number of rotatable bonds is 6. The molecule has 0 atom stereocenters. The monoisotopic (exact) mass is 604 g/mol. The van der Waals surface area contributed by atoms with Gasteiger partial charge in [0.25, 0.3) is 0 Å². The lowest BCUT2D eigenvalue weighted by Gasteiger charge is -2.06. The van der Waals surface area contributed by atoms with Gasteiger partial charge in [0.05, 0.1) is 25.3 Å². The Balaban J connectivity index is 0.000000182. The maximum absolute atomic E-state index is 12.3. The number of hydrogen-bond acceptors (Lipinski definition) is 9. The maximum Gasteiger partial charge on any atom is 0.344 e. The number of phenolic OH excluding ortho intramolecular Hbond substituents is 1. The number of esters is 1. The van der Waals surface area contributed by atoms with Crippen LogP contribution in [-0.4, -0.2) is 25.3 Å². The molecule has 0 aliphatic rings. The molecule has 9 heteroatoms. The normalized spacial score (nSPS) is 10.6. The van der Waals surface area contributed by atoms with Crippen LogP contribution < -0.4 is 25.5 Å². The van der Waals surface area contributed by atoms with Gasteiger partial charge in [0.1, 0.15) is 34.2 Å². The summed E-state index contributed by atoms with van der Waals surface area (Å²) in [5, 5.41) is 10.9. The van der Waals surface area contributed by atoms with E-state index in [0.29, 0.717) is 33.8 Å². The summed E-state index contributed by atoms with van der Waals surface area (Å²) in [6.45, 7) is 5.09. The summed E-state index contributed by atoms with van der Waals surface area (Å²) in [4.78, 5) is 35.9. The lowest BCUT2D eigenvalue weighted by atomic mass is 10.1. The third-order valence-corrected chi connectivity index (χ3v) is 6.79. The minimum absolute atomic E-state index is 0.0675. The van der Waals surface area contributed by atoms with Crippen LogP contribution in [0.3, 0.4) is 0 Å². The topological polar surface area (TPSA) is 125 Å². The summed E-state index contributed by atoms with van der Waals surface area (Å²) >= 11 is 0. The highest BCUT2D eigenvalue weighted by atomic mass is 16.5. The van der Waals surface area contributed by atoms with Crippen molar-refractivity contribution in [3.8, 4) is 45.3 Å². The zero-order chi connectivity index (χ0) is 32.1. The van der Waals surface area contributed by atoms with E-state index in [2.05, 4.69) is 6.58 Å². The van der Waals surface area contributed by atoms with Crippen LogP contribution in [-0.2, 0) is 4.79 Å². The number of aromatic hydroxyl groups is 1. The van der Waals surface area contributed by atoms with E-state index in [1.165, 1.54) is 12.1 Å². The highest BCUT2D eigenvalue weighted by Crippen LogP contribution is 2.27. The molecular formula is C36H28O9. The molecule has 6 rings (SSSR count). The van der Waals surface area contributed by atoms with Crippen molar-refractivity contribution in [2.24, 2.45) is 0 Å². The zero-order valence-corrected chi connectivity index (χ0v) is 24.7. The molecule has 9 nitrogen and oxygen atoms in total. The minimum atomic E-state index is -0.531. The zero-order valence-electron chi connectivity index (χ0n) is 24.7. The molecule has 45 heavy (non-hydrogen) atoms. The molecule has 4 aromatic carbocycles. The number of benzene rings is 4. The summed E-state index contributed by atoms with van der Waals surface area (Å²) in [5.41, 5.74) is 2.50. The quantitative estimate of drug-likeness (QED) is 0.0915. The third-order valence-electron chi connectivity index (χ3n) is 6.79. The summed E-state index contributed by atoms with van der Waals surface area (Å²) in [6.07, 6.45) is 0. The standard InChI is InChI=1S/C20H16O5.C16H12O4/c1-12(2)19(21)24-16-9-6-14-10-17(20(22)25-18(14)11-16)13-4-7-15(23-3)8-5-13;1-19-13-6-3-10(4-7-13)14-8-11-2-5-12(17)9-15(11)20-16(14)18/h4-11H,1H2,2-3H3;2-9,17H,1H3. The summed E-state index contributed by atoms with van der Waals surface area (Å²) < 4.78 is 26.0. The first kappa shape index (κ1) is 30.4. The van der Waals surface area contributed by atoms with Gasteiger partial charge in [-0.1, -0.05) is 30.8 Å². The van der Waals surface area contributed by atoms with Crippen LogP contribution in [0.2, 0.25) is 0 Å². The molecule has 0 saturated heterocycles. The smallest absolute Gasteiger partial charge is 0.344 e. The fourth-order valence-electron chi connectivity index (χ4n) is 4.39. The number of carbonyl (C=O) groups is 1. The molecule has 0 saturated carbocycles. The minimum Gasteiger partial charge on any atom is -0.508 e. The van der Waals surface area contributed by atoms with E-state index in [4.69, 9.17) is 23.0 Å². The van der Waals surface area contributed by atoms with E-state index in [0.717, 1.165) is 27.6 Å². The van der Waals surface area contributed by atoms with Gasteiger partial charge in [-0.25, -0.2) is 14.4 Å². The number of methoxy groups -OCH3 is 2. The number of hydrogen-bond donors (Lipinski definition) is 1. The molecule has 2 aromatic heterocycles. The van der Waals surface area contributed by atoms with Crippen molar-refractivity contribution in [1.29, 1.82) is 0 Å². The molecule has 0 aliphatic carbocycles. The fourth-order valence-corrected chi connectivity index (χ4v) is 4.39. The molecule has 0 amide bonds. The van der Waals surface area contributed by atoms with Crippen molar-refractivity contribution in [1.82, 2.24) is 0 Å². The number of phenols is 1. The van der Waals surface area contributed by atoms with Crippen LogP contribution in [0.1, 0.15) is 6.92 Å². The van der Waals surface area contributed by atoms with Crippen molar-refractivity contribution in [2.75, 3.05) is 14.2 Å². The van der Waals surface area contributed by atoms with E-state index < -0.39 is 17.2 Å². The number of ether oxygens (including phenoxy) is 3. The van der Waals surface area contributed by atoms with Gasteiger partial charge in [-0.05, 0) is 78.7 Å². The van der Waals surface area contributed by atoms with Gasteiger partial charge in [0, 0.05) is 28.5 Å². The Morgan fingerprint density at radius 2 is 1.09 bits per heavy atom. The van der Waals surface area contributed by atoms with Crippen molar-refractivity contribution < 1.29 is 32.9 Å². The van der Waals surface area contributed by atoms with Crippen LogP contribution in [0, 0.1) is 0 Å². The van der Waals surface area contributed by atoms with E-state index >= 15 is 0 Å². The summed E-state index contributed by atoms with van der Waals surface area (Å²) in [5.74, 6) is 1.26. The molecule has 0 unspecified atom stereocenters. The van der Waals surface area contributed by atoms with Crippen LogP contribution in [0.4, 0.5) is 0 Å². The van der Waals surface area contributed by atoms with Gasteiger partial charge in [-0.3, -0.25) is 0 Å². The molecule has 226 valence electrons. The second-order valence-corrected chi connectivity index (χ2v) is 9.94. The van der Waals surface area contributed by atoms with E-state index in [9.17, 15) is 19.5 Å². The first-order chi connectivity index (χ1) is 21.6. The molecule has 0 fully saturated rings. The van der Waals surface area contributed by atoms with E-state index in [1.54, 1.807) is 106 Å². The summed E-state index contributed by atoms with van der Waals surface area (Å²) in [7, 11) is 3.17. The number of carbonyl (C=O) groups excluding carboxylic acids is 1. The molecule has 0 aliphatic heterocycles. The molecular weight excluding hydrogens is 576 g/mol. The predicted octanol–water partition coefficient (Wildman–Crippen LogP) is 7.12. The Kier molecular flexibility index (Phi) is 8.81. The second kappa shape index (κ2) is 13.0. The van der Waals surface area contributed by atoms with Gasteiger partial charge in [-0.2, -0.15) is 0 Å².